The molecule has 1 saturated carbocycles. The first-order chi connectivity index (χ1) is 16.7. The van der Waals surface area contributed by atoms with Gasteiger partial charge in [-0.2, -0.15) is 18.3 Å². The highest BCUT2D eigenvalue weighted by molar-refractivity contribution is 6.34. The number of carbonyl (C=O) groups is 1. The Morgan fingerprint density at radius 1 is 1.20 bits per heavy atom. The van der Waals surface area contributed by atoms with Gasteiger partial charge in [-0.15, -0.1) is 0 Å². The normalized spacial score (nSPS) is 23.3. The van der Waals surface area contributed by atoms with Crippen molar-refractivity contribution in [2.45, 2.75) is 43.4 Å². The number of alkyl halides is 3. The van der Waals surface area contributed by atoms with Crippen molar-refractivity contribution in [2.24, 2.45) is 5.92 Å². The number of likely N-dealkylation sites (N-methyl/N-ethyl adjacent to an activating group) is 1. The van der Waals surface area contributed by atoms with Crippen LogP contribution in [-0.4, -0.2) is 40.1 Å². The van der Waals surface area contributed by atoms with Gasteiger partial charge in [0.05, 0.1) is 28.4 Å². The summed E-state index contributed by atoms with van der Waals surface area (Å²) in [7, 11) is 2.07. The van der Waals surface area contributed by atoms with E-state index < -0.39 is 28.7 Å². The summed E-state index contributed by atoms with van der Waals surface area (Å²) in [6, 6.07) is 10.9. The number of hydrogen-bond acceptors (Lipinski definition) is 3. The molecule has 2 bridgehead atoms. The summed E-state index contributed by atoms with van der Waals surface area (Å²) in [5, 5.41) is 9.36. The quantitative estimate of drug-likeness (QED) is 0.443. The highest BCUT2D eigenvalue weighted by atomic mass is 35.5. The summed E-state index contributed by atoms with van der Waals surface area (Å²) >= 11 is 6.10. The number of benzene rings is 2. The lowest BCUT2D eigenvalue weighted by molar-refractivity contribution is -0.137. The van der Waals surface area contributed by atoms with E-state index in [9.17, 15) is 18.0 Å². The molecule has 3 fully saturated rings. The zero-order valence-corrected chi connectivity index (χ0v) is 20.0. The molecule has 1 atom stereocenters. The van der Waals surface area contributed by atoms with Gasteiger partial charge in [-0.1, -0.05) is 35.9 Å². The van der Waals surface area contributed by atoms with Gasteiger partial charge in [-0.3, -0.25) is 14.8 Å². The molecule has 2 N–H and O–H groups in total. The number of halogens is 4. The van der Waals surface area contributed by atoms with E-state index in [1.165, 1.54) is 12.1 Å². The zero-order chi connectivity index (χ0) is 24.8. The zero-order valence-electron chi connectivity index (χ0n) is 19.2. The molecule has 1 amide bonds. The third kappa shape index (κ3) is 4.34. The monoisotopic (exact) mass is 502 g/mol. The molecule has 3 aromatic rings. The molecule has 1 unspecified atom stereocenters. The maximum absolute atomic E-state index is 13.5. The highest BCUT2D eigenvalue weighted by Crippen LogP contribution is 2.49. The lowest BCUT2D eigenvalue weighted by atomic mass is 9.65. The van der Waals surface area contributed by atoms with Crippen LogP contribution in [0.5, 0.6) is 0 Å². The van der Waals surface area contributed by atoms with Crippen LogP contribution in [0.4, 0.5) is 13.2 Å². The molecule has 35 heavy (non-hydrogen) atoms. The van der Waals surface area contributed by atoms with E-state index in [1.54, 1.807) is 12.4 Å². The van der Waals surface area contributed by atoms with Crippen LogP contribution in [0.25, 0.3) is 11.1 Å². The van der Waals surface area contributed by atoms with Crippen LogP contribution in [0.2, 0.25) is 5.02 Å². The summed E-state index contributed by atoms with van der Waals surface area (Å²) in [4.78, 5) is 15.8. The number of rotatable bonds is 5. The smallest absolute Gasteiger partial charge is 0.343 e. The number of piperidine rings is 2. The number of H-pyrrole nitrogens is 1. The number of hydrogen-bond donors (Lipinski definition) is 2. The maximum atomic E-state index is 13.5. The van der Waals surface area contributed by atoms with Crippen molar-refractivity contribution in [2.75, 3.05) is 13.6 Å². The molecule has 0 spiro atoms. The number of nitrogens with zero attached hydrogens (tertiary/aromatic N) is 2. The Hall–Kier alpha value is -2.84. The second-order valence-corrected chi connectivity index (χ2v) is 9.99. The predicted molar refractivity (Wildman–Crippen MR) is 128 cm³/mol. The average molecular weight is 503 g/mol. The van der Waals surface area contributed by atoms with E-state index in [0.29, 0.717) is 5.92 Å². The molecular weight excluding hydrogens is 477 g/mol. The van der Waals surface area contributed by atoms with Crippen molar-refractivity contribution in [1.29, 1.82) is 0 Å². The van der Waals surface area contributed by atoms with Gasteiger partial charge >= 0.3 is 6.18 Å². The van der Waals surface area contributed by atoms with Crippen LogP contribution >= 0.6 is 11.6 Å². The highest BCUT2D eigenvalue weighted by Gasteiger charge is 2.50. The molecule has 9 heteroatoms. The minimum Gasteiger partial charge on any atom is -0.343 e. The van der Waals surface area contributed by atoms with E-state index in [4.69, 9.17) is 11.6 Å². The molecule has 2 aromatic carbocycles. The van der Waals surface area contributed by atoms with Crippen LogP contribution in [0.3, 0.4) is 0 Å². The molecule has 2 aliphatic heterocycles. The third-order valence-corrected chi connectivity index (χ3v) is 8.08. The number of aromatic amines is 1. The van der Waals surface area contributed by atoms with Crippen molar-refractivity contribution < 1.29 is 18.0 Å². The van der Waals surface area contributed by atoms with Gasteiger partial charge in [0, 0.05) is 23.8 Å². The van der Waals surface area contributed by atoms with E-state index in [-0.39, 0.29) is 11.1 Å². The Bertz CT molecular complexity index is 1220. The Morgan fingerprint density at radius 3 is 2.60 bits per heavy atom. The first-order valence-corrected chi connectivity index (χ1v) is 12.0. The molecule has 1 aromatic heterocycles. The first-order valence-electron chi connectivity index (χ1n) is 11.7. The molecule has 184 valence electrons. The van der Waals surface area contributed by atoms with Crippen LogP contribution in [0, 0.1) is 5.92 Å². The number of aromatic nitrogens is 2. The third-order valence-electron chi connectivity index (χ3n) is 7.68. The number of amides is 1. The van der Waals surface area contributed by atoms with Crippen LogP contribution in [0.1, 0.15) is 53.2 Å². The van der Waals surface area contributed by atoms with Gasteiger partial charge in [0.2, 0.25) is 0 Å². The minimum absolute atomic E-state index is 0.180. The second-order valence-electron chi connectivity index (χ2n) is 9.61. The topological polar surface area (TPSA) is 61.0 Å². The standard InChI is InChI=1S/C26H26ClF3N4O/c1-34-15-16-8-10-25(34,11-9-16)23(18-5-2-4-17(12-18)19-13-31-32-14-19)33-24(35)20-6-3-7-21(22(20)27)26(28,29)30/h2-7,12-14,16,23H,8-11,15H2,1H3,(H,31,32)(H,33,35). The van der Waals surface area contributed by atoms with Gasteiger partial charge in [0.1, 0.15) is 0 Å². The Morgan fingerprint density at radius 2 is 1.94 bits per heavy atom. The van der Waals surface area contributed by atoms with Gasteiger partial charge in [0.15, 0.2) is 0 Å². The summed E-state index contributed by atoms with van der Waals surface area (Å²) in [5.74, 6) is 0.0173. The summed E-state index contributed by atoms with van der Waals surface area (Å²) in [6.07, 6.45) is 2.78. The van der Waals surface area contributed by atoms with E-state index in [1.807, 2.05) is 24.3 Å². The lowest BCUT2D eigenvalue weighted by Crippen LogP contribution is -2.62. The number of carbonyl (C=O) groups excluding carboxylic acids is 1. The fraction of sp³-hybridized carbons (Fsp3) is 0.385. The van der Waals surface area contributed by atoms with Crippen molar-refractivity contribution in [3.63, 3.8) is 0 Å². The van der Waals surface area contributed by atoms with Crippen molar-refractivity contribution in [1.82, 2.24) is 20.4 Å². The van der Waals surface area contributed by atoms with Gasteiger partial charge in [-0.25, -0.2) is 0 Å². The van der Waals surface area contributed by atoms with Gasteiger partial charge < -0.3 is 5.32 Å². The molecular formula is C26H26ClF3N4O. The molecule has 6 rings (SSSR count). The lowest BCUT2D eigenvalue weighted by Gasteiger charge is -2.57. The Kier molecular flexibility index (Phi) is 6.13. The molecule has 1 aliphatic carbocycles. The van der Waals surface area contributed by atoms with Crippen LogP contribution in [0.15, 0.2) is 54.9 Å². The van der Waals surface area contributed by atoms with Crippen molar-refractivity contribution in [3.8, 4) is 11.1 Å². The number of nitrogens with one attached hydrogen (secondary N) is 2. The predicted octanol–water partition coefficient (Wildman–Crippen LogP) is 6.09. The summed E-state index contributed by atoms with van der Waals surface area (Å²) in [6.45, 7) is 0.929. The average Bonchev–Trinajstić information content (AvgIpc) is 3.38. The SMILES string of the molecule is CN1CC2CCC1(C(NC(=O)c1cccc(C(F)(F)F)c1Cl)c1cccc(-c3cn[nH]c3)c1)CC2. The molecule has 5 nitrogen and oxygen atoms in total. The van der Waals surface area contributed by atoms with E-state index >= 15 is 0 Å². The summed E-state index contributed by atoms with van der Waals surface area (Å²) < 4.78 is 40.3. The van der Waals surface area contributed by atoms with E-state index in [0.717, 1.165) is 55.0 Å². The fourth-order valence-corrected chi connectivity index (χ4v) is 6.11. The summed E-state index contributed by atoms with van der Waals surface area (Å²) in [5.41, 5.74) is 1.22. The van der Waals surface area contributed by atoms with Crippen LogP contribution in [-0.2, 0) is 6.18 Å². The Labute approximate surface area is 206 Å². The van der Waals surface area contributed by atoms with Crippen molar-refractivity contribution >= 4 is 17.5 Å². The number of fused-ring (bicyclic) bond motifs is 3. The van der Waals surface area contributed by atoms with Gasteiger partial charge in [-0.05, 0) is 68.0 Å². The second kappa shape index (κ2) is 8.99. The molecule has 3 heterocycles. The van der Waals surface area contributed by atoms with Crippen molar-refractivity contribution in [3.05, 3.63) is 76.6 Å². The van der Waals surface area contributed by atoms with Crippen LogP contribution < -0.4 is 5.32 Å². The van der Waals surface area contributed by atoms with Gasteiger partial charge in [0.25, 0.3) is 5.91 Å². The minimum atomic E-state index is -4.65. The maximum Gasteiger partial charge on any atom is 0.417 e. The molecule has 2 saturated heterocycles. The first kappa shape index (κ1) is 23.9. The molecule has 0 radical (unpaired) electrons. The van der Waals surface area contributed by atoms with E-state index in [2.05, 4.69) is 27.5 Å². The fourth-order valence-electron chi connectivity index (χ4n) is 5.79. The largest absolute Gasteiger partial charge is 0.417 e. The Balaban J connectivity index is 1.56. The molecule has 3 aliphatic rings.